The van der Waals surface area contributed by atoms with Crippen molar-refractivity contribution in [3.05, 3.63) is 78.2 Å². The molecule has 9 nitrogen and oxygen atoms in total. The molecule has 3 heterocycles. The minimum Gasteiger partial charge on any atom is -0.497 e. The predicted molar refractivity (Wildman–Crippen MR) is 137 cm³/mol. The van der Waals surface area contributed by atoms with Crippen LogP contribution in [-0.4, -0.2) is 63.8 Å². The molecule has 0 bridgehead atoms. The second kappa shape index (κ2) is 10.1. The van der Waals surface area contributed by atoms with Crippen LogP contribution in [0.3, 0.4) is 0 Å². The third-order valence-corrected chi connectivity index (χ3v) is 6.12. The molecular formula is C27H28N6O3. The van der Waals surface area contributed by atoms with Gasteiger partial charge in [0.05, 0.1) is 12.8 Å². The number of aryl methyl sites for hydroxylation is 2. The number of benzene rings is 2. The van der Waals surface area contributed by atoms with Crippen molar-refractivity contribution < 1.29 is 14.3 Å². The van der Waals surface area contributed by atoms with Gasteiger partial charge in [-0.05, 0) is 37.3 Å². The second-order valence-corrected chi connectivity index (χ2v) is 8.58. The van der Waals surface area contributed by atoms with Gasteiger partial charge < -0.3 is 19.3 Å². The van der Waals surface area contributed by atoms with Gasteiger partial charge in [-0.2, -0.15) is 10.1 Å². The summed E-state index contributed by atoms with van der Waals surface area (Å²) in [5, 5.41) is 4.56. The van der Waals surface area contributed by atoms with Crippen LogP contribution in [0.25, 0.3) is 11.3 Å². The SMILES string of the molecule is COc1cccc(-c2cc(C(=O)N3CCN(c4cc(Oc5ccccc5)nc(C)n4)CC3)n(C)n2)c1. The maximum atomic E-state index is 13.3. The highest BCUT2D eigenvalue weighted by Gasteiger charge is 2.26. The fourth-order valence-corrected chi connectivity index (χ4v) is 4.24. The summed E-state index contributed by atoms with van der Waals surface area (Å²) in [4.78, 5) is 26.3. The van der Waals surface area contributed by atoms with Crippen molar-refractivity contribution in [3.63, 3.8) is 0 Å². The molecule has 9 heteroatoms. The number of amides is 1. The maximum Gasteiger partial charge on any atom is 0.272 e. The molecule has 0 unspecified atom stereocenters. The highest BCUT2D eigenvalue weighted by atomic mass is 16.5. The van der Waals surface area contributed by atoms with Gasteiger partial charge in [-0.25, -0.2) is 4.98 Å². The van der Waals surface area contributed by atoms with Crippen LogP contribution >= 0.6 is 0 Å². The van der Waals surface area contributed by atoms with Gasteiger partial charge >= 0.3 is 0 Å². The Bertz CT molecular complexity index is 1360. The molecule has 1 amide bonds. The van der Waals surface area contributed by atoms with Crippen LogP contribution in [0.4, 0.5) is 5.82 Å². The van der Waals surface area contributed by atoms with Crippen LogP contribution in [0, 0.1) is 6.92 Å². The fraction of sp³-hybridized carbons (Fsp3) is 0.259. The van der Waals surface area contributed by atoms with E-state index in [2.05, 4.69) is 20.0 Å². The summed E-state index contributed by atoms with van der Waals surface area (Å²) < 4.78 is 12.9. The topological polar surface area (TPSA) is 85.6 Å². The molecular weight excluding hydrogens is 456 g/mol. The van der Waals surface area contributed by atoms with Gasteiger partial charge in [-0.15, -0.1) is 0 Å². The third-order valence-electron chi connectivity index (χ3n) is 6.12. The normalized spacial score (nSPS) is 13.5. The van der Waals surface area contributed by atoms with Crippen molar-refractivity contribution in [2.75, 3.05) is 38.2 Å². The quantitative estimate of drug-likeness (QED) is 0.410. The van der Waals surface area contributed by atoms with Gasteiger partial charge in [-0.3, -0.25) is 9.48 Å². The molecule has 0 saturated carbocycles. The molecule has 0 atom stereocenters. The number of nitrogens with zero attached hydrogens (tertiary/aromatic N) is 6. The number of anilines is 1. The number of methoxy groups -OCH3 is 1. The van der Waals surface area contributed by atoms with Gasteiger partial charge in [0.15, 0.2) is 0 Å². The molecule has 2 aromatic carbocycles. The molecule has 1 aliphatic rings. The van der Waals surface area contributed by atoms with Crippen LogP contribution in [0.15, 0.2) is 66.7 Å². The molecule has 1 fully saturated rings. The average molecular weight is 485 g/mol. The number of aromatic nitrogens is 4. The van der Waals surface area contributed by atoms with Crippen molar-refractivity contribution in [2.45, 2.75) is 6.92 Å². The summed E-state index contributed by atoms with van der Waals surface area (Å²) in [6, 6.07) is 20.9. The number of hydrogen-bond donors (Lipinski definition) is 0. The molecule has 36 heavy (non-hydrogen) atoms. The van der Waals surface area contributed by atoms with Crippen LogP contribution in [0.5, 0.6) is 17.4 Å². The zero-order chi connectivity index (χ0) is 25.1. The van der Waals surface area contributed by atoms with Crippen LogP contribution in [0.2, 0.25) is 0 Å². The average Bonchev–Trinajstić information content (AvgIpc) is 3.30. The highest BCUT2D eigenvalue weighted by molar-refractivity contribution is 5.94. The Morgan fingerprint density at radius 2 is 1.64 bits per heavy atom. The first kappa shape index (κ1) is 23.3. The lowest BCUT2D eigenvalue weighted by atomic mass is 10.1. The third kappa shape index (κ3) is 5.00. The zero-order valence-corrected chi connectivity index (χ0v) is 20.6. The van der Waals surface area contributed by atoms with Crippen molar-refractivity contribution >= 4 is 11.7 Å². The predicted octanol–water partition coefficient (Wildman–Crippen LogP) is 3.95. The minimum atomic E-state index is -0.0363. The summed E-state index contributed by atoms with van der Waals surface area (Å²) >= 11 is 0. The standard InChI is InChI=1S/C27H28N6O3/c1-19-28-25(18-26(29-19)36-21-9-5-4-6-10-21)32-12-14-33(15-13-32)27(34)24-17-23(30-31(24)2)20-8-7-11-22(16-20)35-3/h4-11,16-18H,12-15H2,1-3H3. The van der Waals surface area contributed by atoms with Crippen molar-refractivity contribution in [1.29, 1.82) is 0 Å². The number of carbonyl (C=O) groups is 1. The Morgan fingerprint density at radius 3 is 2.39 bits per heavy atom. The summed E-state index contributed by atoms with van der Waals surface area (Å²) in [6.45, 7) is 4.33. The van der Waals surface area contributed by atoms with E-state index in [1.54, 1.807) is 18.8 Å². The van der Waals surface area contributed by atoms with E-state index in [0.29, 0.717) is 43.6 Å². The van der Waals surface area contributed by atoms with E-state index < -0.39 is 0 Å². The van der Waals surface area contributed by atoms with E-state index in [9.17, 15) is 4.79 Å². The summed E-state index contributed by atoms with van der Waals surface area (Å²) in [5.41, 5.74) is 2.19. The number of ether oxygens (including phenoxy) is 2. The number of piperazine rings is 1. The van der Waals surface area contributed by atoms with E-state index in [0.717, 1.165) is 28.6 Å². The molecule has 184 valence electrons. The minimum absolute atomic E-state index is 0.0363. The van der Waals surface area contributed by atoms with Crippen molar-refractivity contribution in [3.8, 4) is 28.6 Å². The van der Waals surface area contributed by atoms with Gasteiger partial charge in [0.25, 0.3) is 5.91 Å². The summed E-state index contributed by atoms with van der Waals surface area (Å²) in [7, 11) is 3.43. The largest absolute Gasteiger partial charge is 0.497 e. The monoisotopic (exact) mass is 484 g/mol. The molecule has 0 spiro atoms. The Hall–Kier alpha value is -4.40. The lowest BCUT2D eigenvalue weighted by Gasteiger charge is -2.35. The fourth-order valence-electron chi connectivity index (χ4n) is 4.24. The maximum absolute atomic E-state index is 13.3. The number of hydrogen-bond acceptors (Lipinski definition) is 7. The number of para-hydroxylation sites is 1. The molecule has 5 rings (SSSR count). The Morgan fingerprint density at radius 1 is 0.889 bits per heavy atom. The Kier molecular flexibility index (Phi) is 6.53. The molecule has 4 aromatic rings. The van der Waals surface area contributed by atoms with Crippen molar-refractivity contribution in [1.82, 2.24) is 24.6 Å². The van der Waals surface area contributed by atoms with E-state index in [4.69, 9.17) is 9.47 Å². The van der Waals surface area contributed by atoms with Gasteiger partial charge in [0.1, 0.15) is 28.8 Å². The zero-order valence-electron chi connectivity index (χ0n) is 20.6. The Balaban J connectivity index is 1.26. The molecule has 0 aliphatic carbocycles. The van der Waals surface area contributed by atoms with Crippen molar-refractivity contribution in [2.24, 2.45) is 7.05 Å². The first-order chi connectivity index (χ1) is 17.5. The Labute approximate surface area is 209 Å². The van der Waals surface area contributed by atoms with E-state index in [1.807, 2.05) is 78.6 Å². The molecule has 1 aliphatic heterocycles. The number of rotatable bonds is 6. The van der Waals surface area contributed by atoms with E-state index in [1.165, 1.54) is 0 Å². The van der Waals surface area contributed by atoms with Gasteiger partial charge in [0.2, 0.25) is 5.88 Å². The van der Waals surface area contributed by atoms with Gasteiger partial charge in [0, 0.05) is 44.9 Å². The van der Waals surface area contributed by atoms with E-state index in [-0.39, 0.29) is 5.91 Å². The van der Waals surface area contributed by atoms with E-state index >= 15 is 0 Å². The van der Waals surface area contributed by atoms with Crippen LogP contribution in [0.1, 0.15) is 16.3 Å². The smallest absolute Gasteiger partial charge is 0.272 e. The van der Waals surface area contributed by atoms with Crippen LogP contribution in [-0.2, 0) is 7.05 Å². The number of carbonyl (C=O) groups excluding carboxylic acids is 1. The molecule has 0 N–H and O–H groups in total. The summed E-state index contributed by atoms with van der Waals surface area (Å²) in [5.74, 6) is 3.37. The van der Waals surface area contributed by atoms with Crippen LogP contribution < -0.4 is 14.4 Å². The molecule has 2 aromatic heterocycles. The highest BCUT2D eigenvalue weighted by Crippen LogP contribution is 2.26. The lowest BCUT2D eigenvalue weighted by Crippen LogP contribution is -2.49. The first-order valence-electron chi connectivity index (χ1n) is 11.8. The molecule has 1 saturated heterocycles. The lowest BCUT2D eigenvalue weighted by molar-refractivity contribution is 0.0735. The summed E-state index contributed by atoms with van der Waals surface area (Å²) in [6.07, 6.45) is 0. The second-order valence-electron chi connectivity index (χ2n) is 8.58. The first-order valence-corrected chi connectivity index (χ1v) is 11.8. The van der Waals surface area contributed by atoms with Gasteiger partial charge in [-0.1, -0.05) is 30.3 Å². The molecule has 0 radical (unpaired) electrons.